The number of allylic oxidation sites excluding steroid dienone is 1. The Morgan fingerprint density at radius 1 is 1.40 bits per heavy atom. The summed E-state index contributed by atoms with van der Waals surface area (Å²) in [6.07, 6.45) is 0. The summed E-state index contributed by atoms with van der Waals surface area (Å²) in [4.78, 5) is 21.3. The van der Waals surface area contributed by atoms with Crippen LogP contribution in [0, 0.1) is 0 Å². The van der Waals surface area contributed by atoms with Crippen molar-refractivity contribution in [1.82, 2.24) is 0 Å². The van der Waals surface area contributed by atoms with Gasteiger partial charge in [0.2, 0.25) is 0 Å². The normalized spacial score (nSPS) is 12.3. The minimum absolute atomic E-state index is 0.315. The monoisotopic (exact) mass is 160 g/mol. The van der Waals surface area contributed by atoms with Gasteiger partial charge in [0, 0.05) is 0 Å². The van der Waals surface area contributed by atoms with Gasteiger partial charge in [-0.1, -0.05) is 6.58 Å². The average molecular weight is 161 g/mol. The van der Waals surface area contributed by atoms with Crippen LogP contribution in [0.1, 0.15) is 13.8 Å². The Labute approximate surface area is 64.9 Å². The molecule has 0 rings (SSSR count). The van der Waals surface area contributed by atoms with Gasteiger partial charge in [0.1, 0.15) is 0 Å². The zero-order valence-corrected chi connectivity index (χ0v) is 6.73. The Bertz CT molecular complexity index is 184. The molecule has 0 aromatic heterocycles. The first kappa shape index (κ1) is 9.37. The van der Waals surface area contributed by atoms with E-state index in [1.165, 1.54) is 13.8 Å². The Balaban J connectivity index is 4.22. The fourth-order valence-corrected chi connectivity index (χ4v) is 0.587. The Morgan fingerprint density at radius 2 is 1.80 bits per heavy atom. The summed E-state index contributed by atoms with van der Waals surface area (Å²) in [5.41, 5.74) is 0.315. The highest BCUT2D eigenvalue weighted by atomic mass is 35.5. The molecule has 0 saturated heterocycles. The molecule has 0 aliphatic rings. The minimum atomic E-state index is -1.04. The van der Waals surface area contributed by atoms with Crippen LogP contribution in [0.15, 0.2) is 12.2 Å². The van der Waals surface area contributed by atoms with Gasteiger partial charge in [-0.05, 0) is 19.4 Å². The van der Waals surface area contributed by atoms with Crippen LogP contribution < -0.4 is 0 Å². The van der Waals surface area contributed by atoms with Gasteiger partial charge in [-0.3, -0.25) is 9.59 Å². The Morgan fingerprint density at radius 3 is 1.90 bits per heavy atom. The fourth-order valence-electron chi connectivity index (χ4n) is 0.401. The smallest absolute Gasteiger partial charge is 0.183 e. The molecule has 0 fully saturated rings. The maximum Gasteiger partial charge on any atom is 0.183 e. The van der Waals surface area contributed by atoms with E-state index in [0.29, 0.717) is 5.57 Å². The van der Waals surface area contributed by atoms with Gasteiger partial charge in [-0.25, -0.2) is 0 Å². The molecule has 0 aromatic carbocycles. The number of hydrogen-bond donors (Lipinski definition) is 0. The van der Waals surface area contributed by atoms with E-state index in [-0.39, 0.29) is 5.78 Å². The van der Waals surface area contributed by atoms with Crippen molar-refractivity contribution in [2.45, 2.75) is 19.2 Å². The highest BCUT2D eigenvalue weighted by Gasteiger charge is 2.19. The number of carbonyl (C=O) groups excluding carboxylic acids is 2. The molecule has 0 aliphatic carbocycles. The molecule has 10 heavy (non-hydrogen) atoms. The molecule has 0 radical (unpaired) electrons. The third-order valence-electron chi connectivity index (χ3n) is 1.01. The first-order chi connectivity index (χ1) is 4.46. The third-order valence-corrected chi connectivity index (χ3v) is 1.51. The molecule has 0 aliphatic heterocycles. The zero-order valence-electron chi connectivity index (χ0n) is 5.98. The minimum Gasteiger partial charge on any atom is -0.298 e. The first-order valence-corrected chi connectivity index (χ1v) is 3.24. The summed E-state index contributed by atoms with van der Waals surface area (Å²) in [6, 6.07) is 0. The lowest BCUT2D eigenvalue weighted by atomic mass is 10.1. The predicted molar refractivity (Wildman–Crippen MR) is 40.1 cm³/mol. The van der Waals surface area contributed by atoms with E-state index in [2.05, 4.69) is 6.58 Å². The number of ketones is 2. The molecule has 2 nitrogen and oxygen atoms in total. The molecule has 1 unspecified atom stereocenters. The van der Waals surface area contributed by atoms with Gasteiger partial charge in [0.25, 0.3) is 0 Å². The first-order valence-electron chi connectivity index (χ1n) is 2.81. The van der Waals surface area contributed by atoms with Crippen LogP contribution >= 0.6 is 11.6 Å². The lowest BCUT2D eigenvalue weighted by Crippen LogP contribution is -2.22. The second kappa shape index (κ2) is 3.52. The molecule has 0 amide bonds. The highest BCUT2D eigenvalue weighted by molar-refractivity contribution is 6.43. The highest BCUT2D eigenvalue weighted by Crippen LogP contribution is 2.04. The molecular weight excluding hydrogens is 152 g/mol. The maximum atomic E-state index is 10.8. The van der Waals surface area contributed by atoms with E-state index in [4.69, 9.17) is 11.6 Å². The molecule has 3 heteroatoms. The van der Waals surface area contributed by atoms with Crippen LogP contribution in [-0.4, -0.2) is 16.9 Å². The van der Waals surface area contributed by atoms with E-state index in [0.717, 1.165) is 0 Å². The van der Waals surface area contributed by atoms with Crippen molar-refractivity contribution in [2.75, 3.05) is 0 Å². The van der Waals surface area contributed by atoms with Gasteiger partial charge in [0.15, 0.2) is 16.9 Å². The molecule has 1 atom stereocenters. The summed E-state index contributed by atoms with van der Waals surface area (Å²) >= 11 is 5.40. The van der Waals surface area contributed by atoms with Gasteiger partial charge in [-0.15, -0.1) is 11.6 Å². The number of hydrogen-bond acceptors (Lipinski definition) is 2. The largest absolute Gasteiger partial charge is 0.298 e. The van der Waals surface area contributed by atoms with Crippen LogP contribution in [0.5, 0.6) is 0 Å². The predicted octanol–water partition coefficient (Wildman–Crippen LogP) is 1.33. The number of rotatable bonds is 3. The SMILES string of the molecule is C=C(C)C(=O)C(Cl)C(C)=O. The lowest BCUT2D eigenvalue weighted by molar-refractivity contribution is -0.123. The molecule has 0 bridgehead atoms. The summed E-state index contributed by atoms with van der Waals surface area (Å²) < 4.78 is 0. The summed E-state index contributed by atoms with van der Waals surface area (Å²) in [7, 11) is 0. The maximum absolute atomic E-state index is 10.8. The van der Waals surface area contributed by atoms with Gasteiger partial charge in [-0.2, -0.15) is 0 Å². The summed E-state index contributed by atoms with van der Waals surface area (Å²) in [5, 5.41) is -1.04. The summed E-state index contributed by atoms with van der Waals surface area (Å²) in [6.45, 7) is 6.18. The second-order valence-corrected chi connectivity index (χ2v) is 2.55. The van der Waals surface area contributed by atoms with Crippen molar-refractivity contribution in [2.24, 2.45) is 0 Å². The molecule has 0 heterocycles. The molecule has 0 saturated carbocycles. The van der Waals surface area contributed by atoms with Crippen molar-refractivity contribution in [3.63, 3.8) is 0 Å². The van der Waals surface area contributed by atoms with Gasteiger partial charge < -0.3 is 0 Å². The van der Waals surface area contributed by atoms with E-state index in [1.807, 2.05) is 0 Å². The molecule has 0 spiro atoms. The third kappa shape index (κ3) is 2.31. The van der Waals surface area contributed by atoms with E-state index >= 15 is 0 Å². The van der Waals surface area contributed by atoms with Crippen LogP contribution in [0.3, 0.4) is 0 Å². The van der Waals surface area contributed by atoms with Crippen molar-refractivity contribution in [1.29, 1.82) is 0 Å². The van der Waals surface area contributed by atoms with Crippen LogP contribution in [0.2, 0.25) is 0 Å². The Hall–Kier alpha value is -0.630. The van der Waals surface area contributed by atoms with Crippen LogP contribution in [0.25, 0.3) is 0 Å². The van der Waals surface area contributed by atoms with E-state index in [9.17, 15) is 9.59 Å². The van der Waals surface area contributed by atoms with Crippen molar-refractivity contribution < 1.29 is 9.59 Å². The fraction of sp³-hybridized carbons (Fsp3) is 0.429. The van der Waals surface area contributed by atoms with E-state index < -0.39 is 11.2 Å². The van der Waals surface area contributed by atoms with Gasteiger partial charge >= 0.3 is 0 Å². The topological polar surface area (TPSA) is 34.1 Å². The van der Waals surface area contributed by atoms with Crippen molar-refractivity contribution in [3.05, 3.63) is 12.2 Å². The quantitative estimate of drug-likeness (QED) is 0.355. The number of Topliss-reactive ketones (excluding diaryl/α,β-unsaturated/α-hetero) is 2. The van der Waals surface area contributed by atoms with Crippen LogP contribution in [-0.2, 0) is 9.59 Å². The number of halogens is 1. The van der Waals surface area contributed by atoms with Crippen molar-refractivity contribution in [3.8, 4) is 0 Å². The second-order valence-electron chi connectivity index (χ2n) is 2.12. The number of alkyl halides is 1. The number of carbonyl (C=O) groups is 2. The Kier molecular flexibility index (Phi) is 3.30. The average Bonchev–Trinajstić information content (AvgIpc) is 1.84. The van der Waals surface area contributed by atoms with E-state index in [1.54, 1.807) is 0 Å². The van der Waals surface area contributed by atoms with Crippen LogP contribution in [0.4, 0.5) is 0 Å². The summed E-state index contributed by atoms with van der Waals surface area (Å²) in [5.74, 6) is -0.733. The lowest BCUT2D eigenvalue weighted by Gasteiger charge is -2.01. The standard InChI is InChI=1S/C7H9ClO2/c1-4(2)7(10)6(8)5(3)9/h6H,1H2,2-3H3. The van der Waals surface area contributed by atoms with Crippen molar-refractivity contribution >= 4 is 23.2 Å². The molecule has 0 N–H and O–H groups in total. The molecule has 0 aromatic rings. The molecule has 56 valence electrons. The zero-order chi connectivity index (χ0) is 8.31. The molecular formula is C7H9ClO2. The van der Waals surface area contributed by atoms with Gasteiger partial charge in [0.05, 0.1) is 0 Å².